The molecule has 3 nitrogen and oxygen atoms in total. The Morgan fingerprint density at radius 1 is 1.12 bits per heavy atom. The second kappa shape index (κ2) is 6.31. The highest BCUT2D eigenvalue weighted by atomic mass is 35.5. The summed E-state index contributed by atoms with van der Waals surface area (Å²) in [7, 11) is 0. The second-order valence-corrected chi connectivity index (χ2v) is 5.76. The Hall–Kier alpha value is -2.90. The first-order chi connectivity index (χ1) is 11.5. The van der Waals surface area contributed by atoms with Crippen molar-refractivity contribution in [2.24, 2.45) is 0 Å². The zero-order chi connectivity index (χ0) is 17.3. The van der Waals surface area contributed by atoms with E-state index in [1.54, 1.807) is 37.3 Å². The summed E-state index contributed by atoms with van der Waals surface area (Å²) >= 11 is 5.93. The van der Waals surface area contributed by atoms with Gasteiger partial charge in [0.25, 0.3) is 0 Å². The summed E-state index contributed by atoms with van der Waals surface area (Å²) in [6, 6.07) is 15.5. The maximum Gasteiger partial charge on any atom is 0.142 e. The van der Waals surface area contributed by atoms with Gasteiger partial charge >= 0.3 is 0 Å². The van der Waals surface area contributed by atoms with Gasteiger partial charge in [-0.3, -0.25) is 0 Å². The molecule has 0 radical (unpaired) electrons. The first-order valence-corrected chi connectivity index (χ1v) is 7.61. The molecular weight excluding hydrogens is 325 g/mol. The van der Waals surface area contributed by atoms with Crippen LogP contribution >= 0.6 is 11.6 Å². The van der Waals surface area contributed by atoms with Crippen molar-refractivity contribution in [3.05, 3.63) is 70.5 Å². The Morgan fingerprint density at radius 2 is 1.79 bits per heavy atom. The number of nitrogens with two attached hydrogens (primary N) is 1. The van der Waals surface area contributed by atoms with E-state index in [0.717, 1.165) is 5.56 Å². The van der Waals surface area contributed by atoms with Crippen LogP contribution in [-0.2, 0) is 0 Å². The summed E-state index contributed by atoms with van der Waals surface area (Å²) in [5, 5.41) is 10.1. The number of hydrogen-bond acceptors (Lipinski definition) is 3. The zero-order valence-electron chi connectivity index (χ0n) is 12.8. The predicted octanol–water partition coefficient (Wildman–Crippen LogP) is 4.97. The van der Waals surface area contributed by atoms with Crippen molar-refractivity contribution in [2.75, 3.05) is 5.73 Å². The highest BCUT2D eigenvalue weighted by molar-refractivity contribution is 6.30. The van der Waals surface area contributed by atoms with Gasteiger partial charge in [-0.1, -0.05) is 41.9 Å². The fourth-order valence-electron chi connectivity index (χ4n) is 2.70. The first-order valence-electron chi connectivity index (χ1n) is 7.24. The van der Waals surface area contributed by atoms with Crippen LogP contribution < -0.4 is 5.73 Å². The van der Waals surface area contributed by atoms with Crippen molar-refractivity contribution < 1.29 is 4.39 Å². The molecule has 5 heteroatoms. The van der Waals surface area contributed by atoms with Gasteiger partial charge in [0.05, 0.1) is 5.69 Å². The van der Waals surface area contributed by atoms with Gasteiger partial charge in [0.2, 0.25) is 0 Å². The normalized spacial score (nSPS) is 10.4. The number of hydrogen-bond donors (Lipinski definition) is 1. The molecule has 0 saturated heterocycles. The molecule has 0 saturated carbocycles. The number of benzene rings is 2. The minimum absolute atomic E-state index is 0.0753. The predicted molar refractivity (Wildman–Crippen MR) is 93.9 cm³/mol. The van der Waals surface area contributed by atoms with E-state index >= 15 is 0 Å². The number of nitrogen functional groups attached to an aromatic ring is 1. The van der Waals surface area contributed by atoms with E-state index in [1.165, 1.54) is 6.07 Å². The van der Waals surface area contributed by atoms with E-state index in [4.69, 9.17) is 17.3 Å². The number of anilines is 1. The fourth-order valence-corrected chi connectivity index (χ4v) is 2.82. The third kappa shape index (κ3) is 2.70. The molecule has 2 aromatic carbocycles. The highest BCUT2D eigenvalue weighted by Crippen LogP contribution is 2.36. The number of pyridine rings is 1. The lowest BCUT2D eigenvalue weighted by molar-refractivity contribution is 0.631. The Labute approximate surface area is 144 Å². The number of rotatable bonds is 2. The molecule has 2 N–H and O–H groups in total. The monoisotopic (exact) mass is 337 g/mol. The van der Waals surface area contributed by atoms with E-state index in [1.807, 2.05) is 18.2 Å². The fraction of sp³-hybridized carbons (Fsp3) is 0.0526. The quantitative estimate of drug-likeness (QED) is 0.718. The third-order valence-corrected chi connectivity index (χ3v) is 4.09. The van der Waals surface area contributed by atoms with Gasteiger partial charge in [-0.15, -0.1) is 0 Å². The van der Waals surface area contributed by atoms with Gasteiger partial charge in [-0.05, 0) is 30.7 Å². The van der Waals surface area contributed by atoms with Crippen molar-refractivity contribution in [1.82, 2.24) is 4.98 Å². The summed E-state index contributed by atoms with van der Waals surface area (Å²) in [6.07, 6.45) is 0. The third-order valence-electron chi connectivity index (χ3n) is 3.84. The summed E-state index contributed by atoms with van der Waals surface area (Å²) in [5.41, 5.74) is 9.03. The summed E-state index contributed by atoms with van der Waals surface area (Å²) < 4.78 is 14.3. The van der Waals surface area contributed by atoms with Crippen LogP contribution in [0.1, 0.15) is 11.1 Å². The van der Waals surface area contributed by atoms with E-state index in [2.05, 4.69) is 4.98 Å². The number of nitriles is 1. The van der Waals surface area contributed by atoms with Crippen LogP contribution in [0.15, 0.2) is 48.5 Å². The first kappa shape index (κ1) is 16.0. The van der Waals surface area contributed by atoms with Crippen LogP contribution in [0.2, 0.25) is 5.02 Å². The van der Waals surface area contributed by atoms with Gasteiger partial charge in [0.1, 0.15) is 23.3 Å². The molecule has 24 heavy (non-hydrogen) atoms. The summed E-state index contributed by atoms with van der Waals surface area (Å²) in [6.45, 7) is 1.80. The SMILES string of the molecule is Cc1c(-c2ccc(Cl)cc2)nc(N)c(C#N)c1-c1ccccc1F. The lowest BCUT2D eigenvalue weighted by atomic mass is 9.92. The maximum absolute atomic E-state index is 14.3. The molecule has 3 rings (SSSR count). The molecule has 118 valence electrons. The molecule has 0 bridgehead atoms. The number of halogens is 2. The Balaban J connectivity index is 2.34. The average molecular weight is 338 g/mol. The van der Waals surface area contributed by atoms with Crippen molar-refractivity contribution >= 4 is 17.4 Å². The molecule has 0 aliphatic carbocycles. The van der Waals surface area contributed by atoms with E-state index in [-0.39, 0.29) is 11.4 Å². The standard InChI is InChI=1S/C19H13ClFN3/c1-11-17(14-4-2-3-5-16(14)21)15(10-22)19(23)24-18(11)12-6-8-13(20)9-7-12/h2-9H,1H3,(H2,23,24). The Bertz CT molecular complexity index is 960. The molecule has 0 amide bonds. The molecule has 0 atom stereocenters. The van der Waals surface area contributed by atoms with Crippen molar-refractivity contribution in [1.29, 1.82) is 5.26 Å². The summed E-state index contributed by atoms with van der Waals surface area (Å²) in [4.78, 5) is 4.35. The molecule has 1 heterocycles. The van der Waals surface area contributed by atoms with Crippen LogP contribution in [-0.4, -0.2) is 4.98 Å². The minimum Gasteiger partial charge on any atom is -0.383 e. The maximum atomic E-state index is 14.3. The lowest BCUT2D eigenvalue weighted by Crippen LogP contribution is -2.04. The lowest BCUT2D eigenvalue weighted by Gasteiger charge is -2.15. The van der Waals surface area contributed by atoms with E-state index < -0.39 is 5.82 Å². The van der Waals surface area contributed by atoms with Crippen molar-refractivity contribution in [3.63, 3.8) is 0 Å². The zero-order valence-corrected chi connectivity index (χ0v) is 13.6. The van der Waals surface area contributed by atoms with Crippen molar-refractivity contribution in [3.8, 4) is 28.5 Å². The Kier molecular flexibility index (Phi) is 4.20. The van der Waals surface area contributed by atoms with Crippen LogP contribution in [0.5, 0.6) is 0 Å². The van der Waals surface area contributed by atoms with E-state index in [9.17, 15) is 9.65 Å². The highest BCUT2D eigenvalue weighted by Gasteiger charge is 2.20. The largest absolute Gasteiger partial charge is 0.383 e. The molecular formula is C19H13ClFN3. The van der Waals surface area contributed by atoms with Gasteiger partial charge in [0, 0.05) is 21.7 Å². The van der Waals surface area contributed by atoms with Gasteiger partial charge in [0.15, 0.2) is 0 Å². The molecule has 1 aromatic heterocycles. The molecule has 0 unspecified atom stereocenters. The van der Waals surface area contributed by atoms with Crippen LogP contribution in [0.25, 0.3) is 22.4 Å². The number of nitrogens with zero attached hydrogens (tertiary/aromatic N) is 2. The average Bonchev–Trinajstić information content (AvgIpc) is 2.58. The minimum atomic E-state index is -0.412. The molecule has 0 spiro atoms. The smallest absolute Gasteiger partial charge is 0.142 e. The molecule has 0 aliphatic rings. The summed E-state index contributed by atoms with van der Waals surface area (Å²) in [5.74, 6) is -0.337. The Morgan fingerprint density at radius 3 is 2.42 bits per heavy atom. The van der Waals surface area contributed by atoms with Crippen LogP contribution in [0.3, 0.4) is 0 Å². The van der Waals surface area contributed by atoms with Crippen LogP contribution in [0, 0.1) is 24.1 Å². The van der Waals surface area contributed by atoms with Gasteiger partial charge in [-0.2, -0.15) is 5.26 Å². The van der Waals surface area contributed by atoms with Gasteiger partial charge < -0.3 is 5.73 Å². The topological polar surface area (TPSA) is 62.7 Å². The van der Waals surface area contributed by atoms with Crippen LogP contribution in [0.4, 0.5) is 10.2 Å². The van der Waals surface area contributed by atoms with Gasteiger partial charge in [-0.25, -0.2) is 9.37 Å². The van der Waals surface area contributed by atoms with E-state index in [0.29, 0.717) is 27.4 Å². The van der Waals surface area contributed by atoms with Crippen molar-refractivity contribution in [2.45, 2.75) is 6.92 Å². The second-order valence-electron chi connectivity index (χ2n) is 5.32. The molecule has 0 fully saturated rings. The number of aromatic nitrogens is 1. The molecule has 3 aromatic rings. The molecule has 0 aliphatic heterocycles.